The van der Waals surface area contributed by atoms with Crippen LogP contribution in [0.1, 0.15) is 23.1 Å². The summed E-state index contributed by atoms with van der Waals surface area (Å²) < 4.78 is 5.82. The molecule has 0 N–H and O–H groups in total. The molecule has 1 aliphatic carbocycles. The van der Waals surface area contributed by atoms with Gasteiger partial charge in [0.15, 0.2) is 0 Å². The van der Waals surface area contributed by atoms with Gasteiger partial charge in [0, 0.05) is 32.7 Å². The molecular weight excluding hydrogens is 309 g/mol. The van der Waals surface area contributed by atoms with E-state index in [2.05, 4.69) is 36.4 Å². The summed E-state index contributed by atoms with van der Waals surface area (Å²) in [7, 11) is 0. The van der Waals surface area contributed by atoms with Gasteiger partial charge in [-0.15, -0.1) is 18.1 Å². The molecule has 19 heavy (non-hydrogen) atoms. The fourth-order valence-electron chi connectivity index (χ4n) is 2.16. The number of allylic oxidation sites excluding steroid dienone is 1. The van der Waals surface area contributed by atoms with Gasteiger partial charge in [0.2, 0.25) is 0 Å². The molecule has 2 heteroatoms. The third-order valence-electron chi connectivity index (χ3n) is 3.16. The van der Waals surface area contributed by atoms with E-state index in [1.807, 2.05) is 24.3 Å². The van der Waals surface area contributed by atoms with E-state index in [0.717, 1.165) is 18.6 Å². The Morgan fingerprint density at radius 3 is 2.74 bits per heavy atom. The molecule has 0 aliphatic heterocycles. The van der Waals surface area contributed by atoms with Crippen LogP contribution in [0, 0.1) is 6.08 Å². The molecule has 0 saturated carbocycles. The number of aryl methyl sites for hydroxylation is 1. The van der Waals surface area contributed by atoms with Crippen molar-refractivity contribution in [3.05, 3.63) is 71.3 Å². The maximum atomic E-state index is 5.82. The van der Waals surface area contributed by atoms with Crippen LogP contribution in [0.4, 0.5) is 0 Å². The SMILES string of the molecule is [C-]1=Cc2ccc(OCc3ccccc3)cc2CC1.[Y]. The fraction of sp³-hybridized carbons (Fsp3) is 0.176. The average Bonchev–Trinajstić information content (AvgIpc) is 2.46. The topological polar surface area (TPSA) is 9.23 Å². The first-order valence-corrected chi connectivity index (χ1v) is 6.28. The minimum atomic E-state index is 0. The Morgan fingerprint density at radius 1 is 1.05 bits per heavy atom. The van der Waals surface area contributed by atoms with Crippen LogP contribution in [0.2, 0.25) is 0 Å². The predicted octanol–water partition coefficient (Wildman–Crippen LogP) is 4.03. The van der Waals surface area contributed by atoms with Gasteiger partial charge in [-0.25, -0.2) is 6.08 Å². The quantitative estimate of drug-likeness (QED) is 0.775. The maximum absolute atomic E-state index is 5.82. The maximum Gasteiger partial charge on any atom is 0.117 e. The minimum Gasteiger partial charge on any atom is -0.489 e. The second-order valence-electron chi connectivity index (χ2n) is 4.48. The van der Waals surface area contributed by atoms with Crippen molar-refractivity contribution in [2.75, 3.05) is 0 Å². The Kier molecular flexibility index (Phi) is 5.36. The smallest absolute Gasteiger partial charge is 0.117 e. The zero-order chi connectivity index (χ0) is 12.2. The molecule has 0 aromatic heterocycles. The first-order chi connectivity index (χ1) is 8.92. The monoisotopic (exact) mass is 324 g/mol. The largest absolute Gasteiger partial charge is 0.489 e. The Morgan fingerprint density at radius 2 is 1.89 bits per heavy atom. The number of rotatable bonds is 3. The molecule has 0 spiro atoms. The van der Waals surface area contributed by atoms with Crippen LogP contribution >= 0.6 is 0 Å². The second-order valence-corrected chi connectivity index (χ2v) is 4.48. The number of fused-ring (bicyclic) bond motifs is 1. The van der Waals surface area contributed by atoms with Gasteiger partial charge in [-0.3, -0.25) is 6.08 Å². The predicted molar refractivity (Wildman–Crippen MR) is 73.2 cm³/mol. The van der Waals surface area contributed by atoms with Crippen molar-refractivity contribution in [1.29, 1.82) is 0 Å². The summed E-state index contributed by atoms with van der Waals surface area (Å²) in [4.78, 5) is 0. The summed E-state index contributed by atoms with van der Waals surface area (Å²) >= 11 is 0. The molecule has 1 radical (unpaired) electrons. The standard InChI is InChI=1S/C17H15O.Y/c1-2-6-14(7-3-1)13-18-17-11-10-15-8-4-5-9-16(15)12-17;/h1-3,6-8,10-12H,5,9,13H2;/q-1;. The van der Waals surface area contributed by atoms with Crippen molar-refractivity contribution in [2.45, 2.75) is 19.4 Å². The van der Waals surface area contributed by atoms with E-state index in [0.29, 0.717) is 6.61 Å². The van der Waals surface area contributed by atoms with Crippen LogP contribution in [0.15, 0.2) is 48.5 Å². The number of hydrogen-bond donors (Lipinski definition) is 0. The summed E-state index contributed by atoms with van der Waals surface area (Å²) in [5.74, 6) is 0.952. The Bertz CT molecular complexity index is 561. The molecule has 0 heterocycles. The van der Waals surface area contributed by atoms with Crippen molar-refractivity contribution in [3.8, 4) is 5.75 Å². The van der Waals surface area contributed by atoms with E-state index in [-0.39, 0.29) is 32.7 Å². The van der Waals surface area contributed by atoms with Crippen molar-refractivity contribution >= 4 is 6.08 Å². The summed E-state index contributed by atoms with van der Waals surface area (Å²) in [5.41, 5.74) is 3.83. The van der Waals surface area contributed by atoms with Gasteiger partial charge in [0.25, 0.3) is 0 Å². The zero-order valence-corrected chi connectivity index (χ0v) is 13.6. The van der Waals surface area contributed by atoms with Gasteiger partial charge < -0.3 is 4.74 Å². The molecule has 2 aromatic carbocycles. The third-order valence-corrected chi connectivity index (χ3v) is 3.16. The Labute approximate surface area is 139 Å². The van der Waals surface area contributed by atoms with Gasteiger partial charge in [0.1, 0.15) is 12.4 Å². The van der Waals surface area contributed by atoms with Crippen LogP contribution in [0.5, 0.6) is 5.75 Å². The van der Waals surface area contributed by atoms with Crippen molar-refractivity contribution in [2.24, 2.45) is 0 Å². The van der Waals surface area contributed by atoms with Gasteiger partial charge in [0.05, 0.1) is 0 Å². The minimum absolute atomic E-state index is 0. The van der Waals surface area contributed by atoms with E-state index in [9.17, 15) is 0 Å². The van der Waals surface area contributed by atoms with Gasteiger partial charge in [-0.1, -0.05) is 36.8 Å². The molecule has 0 fully saturated rings. The van der Waals surface area contributed by atoms with Gasteiger partial charge >= 0.3 is 0 Å². The molecule has 0 saturated heterocycles. The normalized spacial score (nSPS) is 12.4. The van der Waals surface area contributed by atoms with Crippen LogP contribution in [0.3, 0.4) is 0 Å². The molecule has 3 rings (SSSR count). The Hall–Kier alpha value is -0.916. The average molecular weight is 324 g/mol. The van der Waals surface area contributed by atoms with Crippen LogP contribution < -0.4 is 4.74 Å². The van der Waals surface area contributed by atoms with E-state index in [1.54, 1.807) is 0 Å². The van der Waals surface area contributed by atoms with Crippen LogP contribution in [-0.4, -0.2) is 0 Å². The van der Waals surface area contributed by atoms with Crippen LogP contribution in [-0.2, 0) is 45.7 Å². The molecular formula is C17H15OY-. The Balaban J connectivity index is 0.00000133. The molecule has 0 atom stereocenters. The summed E-state index contributed by atoms with van der Waals surface area (Å²) in [6.07, 6.45) is 7.39. The summed E-state index contributed by atoms with van der Waals surface area (Å²) in [6.45, 7) is 0.627. The van der Waals surface area contributed by atoms with E-state index < -0.39 is 0 Å². The van der Waals surface area contributed by atoms with Crippen molar-refractivity contribution in [3.63, 3.8) is 0 Å². The van der Waals surface area contributed by atoms with Gasteiger partial charge in [-0.05, 0) is 17.7 Å². The van der Waals surface area contributed by atoms with Crippen molar-refractivity contribution in [1.82, 2.24) is 0 Å². The third kappa shape index (κ3) is 3.78. The number of hydrogen-bond acceptors (Lipinski definition) is 1. The molecule has 1 nitrogen and oxygen atoms in total. The van der Waals surface area contributed by atoms with Gasteiger partial charge in [-0.2, -0.15) is 5.56 Å². The summed E-state index contributed by atoms with van der Waals surface area (Å²) in [6, 6.07) is 16.5. The zero-order valence-electron chi connectivity index (χ0n) is 10.8. The van der Waals surface area contributed by atoms with E-state index in [4.69, 9.17) is 4.74 Å². The summed E-state index contributed by atoms with van der Waals surface area (Å²) in [5, 5.41) is 0. The first-order valence-electron chi connectivity index (χ1n) is 6.28. The molecule has 1 aliphatic rings. The molecule has 0 bridgehead atoms. The molecule has 2 aromatic rings. The number of ether oxygens (including phenoxy) is 1. The van der Waals surface area contributed by atoms with Crippen LogP contribution in [0.25, 0.3) is 6.08 Å². The van der Waals surface area contributed by atoms with E-state index in [1.165, 1.54) is 16.7 Å². The molecule has 0 unspecified atom stereocenters. The number of benzene rings is 2. The van der Waals surface area contributed by atoms with Crippen molar-refractivity contribution < 1.29 is 37.4 Å². The van der Waals surface area contributed by atoms with E-state index >= 15 is 0 Å². The first kappa shape index (κ1) is 14.5. The molecule has 93 valence electrons. The second kappa shape index (κ2) is 7.02. The fourth-order valence-corrected chi connectivity index (χ4v) is 2.16. The molecule has 0 amide bonds.